The van der Waals surface area contributed by atoms with Gasteiger partial charge < -0.3 is 29.1 Å². The number of amides is 2. The highest BCUT2D eigenvalue weighted by atomic mass is 19.1. The maximum atomic E-state index is 14.2. The smallest absolute Gasteiger partial charge is 0.234 e. The lowest BCUT2D eigenvalue weighted by molar-refractivity contribution is -0.135. The lowest BCUT2D eigenvalue weighted by Crippen LogP contribution is -2.44. The SMILES string of the molecule is Cc1cc(C(C(=O)N2C[C@H](O)C[C@H]2C2=NNC(C)(c3ccc(-c4ccccc4F)cc3)C2)C(C)C)on1.Cc1cc([C@H](C(=O)N2C[C@H](O)C[C@H]2C2=NNC(C)(c3ccc(-c4ccccc4F)cc3)C2)C(C)C)on1. The van der Waals surface area contributed by atoms with Crippen LogP contribution in [-0.2, 0) is 20.7 Å². The molecule has 8 atom stereocenters. The van der Waals surface area contributed by atoms with Gasteiger partial charge in [0.2, 0.25) is 11.8 Å². The molecule has 4 aliphatic heterocycles. The Morgan fingerprint density at radius 1 is 0.608 bits per heavy atom. The number of aryl methyl sites for hydroxylation is 2. The van der Waals surface area contributed by atoms with E-state index in [-0.39, 0.29) is 60.5 Å². The summed E-state index contributed by atoms with van der Waals surface area (Å²) in [5.74, 6) is -0.557. The van der Waals surface area contributed by atoms with E-state index >= 15 is 0 Å². The van der Waals surface area contributed by atoms with Gasteiger partial charge in [0.15, 0.2) is 0 Å². The van der Waals surface area contributed by atoms with Gasteiger partial charge in [-0.3, -0.25) is 20.4 Å². The second-order valence-corrected chi connectivity index (χ2v) is 21.5. The fourth-order valence-corrected chi connectivity index (χ4v) is 11.1. The Hall–Kier alpha value is -7.04. The fourth-order valence-electron chi connectivity index (χ4n) is 11.1. The van der Waals surface area contributed by atoms with Gasteiger partial charge in [0.25, 0.3) is 0 Å². The number of carbonyl (C=O) groups excluding carboxylic acids is 2. The Morgan fingerprint density at radius 3 is 1.30 bits per heavy atom. The van der Waals surface area contributed by atoms with Crippen LogP contribution in [0.2, 0.25) is 0 Å². The lowest BCUT2D eigenvalue weighted by atomic mass is 9.85. The van der Waals surface area contributed by atoms with Crippen molar-refractivity contribution in [3.8, 4) is 22.3 Å². The van der Waals surface area contributed by atoms with Crippen LogP contribution < -0.4 is 10.9 Å². The van der Waals surface area contributed by atoms with Crippen LogP contribution in [0.3, 0.4) is 0 Å². The second kappa shape index (κ2) is 21.1. The molecule has 3 unspecified atom stereocenters. The quantitative estimate of drug-likeness (QED) is 0.0922. The van der Waals surface area contributed by atoms with E-state index < -0.39 is 35.1 Å². The van der Waals surface area contributed by atoms with Crippen molar-refractivity contribution in [2.75, 3.05) is 13.1 Å². The first-order chi connectivity index (χ1) is 35.3. The average Bonchev–Trinajstić information content (AvgIpc) is 4.26. The minimum Gasteiger partial charge on any atom is -0.391 e. The van der Waals surface area contributed by atoms with E-state index in [1.54, 1.807) is 46.2 Å². The number of β-amino-alcohol motifs (C(OH)–C–C–N with tert-alkyl or cyclic N) is 2. The van der Waals surface area contributed by atoms with E-state index in [1.165, 1.54) is 12.1 Å². The first kappa shape index (κ1) is 51.8. The van der Waals surface area contributed by atoms with Gasteiger partial charge in [-0.15, -0.1) is 0 Å². The molecule has 388 valence electrons. The molecule has 14 nitrogen and oxygen atoms in total. The van der Waals surface area contributed by atoms with Crippen molar-refractivity contribution >= 4 is 23.2 Å². The summed E-state index contributed by atoms with van der Waals surface area (Å²) >= 11 is 0. The van der Waals surface area contributed by atoms with Crippen molar-refractivity contribution in [2.45, 2.75) is 128 Å². The number of aliphatic hydroxyl groups is 2. The number of nitrogens with one attached hydrogen (secondary N) is 2. The van der Waals surface area contributed by atoms with Crippen molar-refractivity contribution < 1.29 is 37.6 Å². The first-order valence-electron chi connectivity index (χ1n) is 25.5. The summed E-state index contributed by atoms with van der Waals surface area (Å²) < 4.78 is 39.4. The molecular weight excluding hydrogens is 943 g/mol. The molecule has 0 spiro atoms. The molecule has 2 saturated heterocycles. The van der Waals surface area contributed by atoms with Crippen molar-refractivity contribution in [3.05, 3.63) is 155 Å². The van der Waals surface area contributed by atoms with Crippen LogP contribution in [0.5, 0.6) is 0 Å². The largest absolute Gasteiger partial charge is 0.391 e. The second-order valence-electron chi connectivity index (χ2n) is 21.5. The van der Waals surface area contributed by atoms with Crippen LogP contribution in [0.4, 0.5) is 8.78 Å². The van der Waals surface area contributed by atoms with Gasteiger partial charge >= 0.3 is 0 Å². The molecule has 10 rings (SSSR count). The third-order valence-electron chi connectivity index (χ3n) is 15.0. The van der Waals surface area contributed by atoms with Gasteiger partial charge in [-0.2, -0.15) is 10.2 Å². The predicted molar refractivity (Wildman–Crippen MR) is 279 cm³/mol. The van der Waals surface area contributed by atoms with Crippen molar-refractivity contribution in [2.24, 2.45) is 22.0 Å². The van der Waals surface area contributed by atoms with Crippen LogP contribution in [0.15, 0.2) is 128 Å². The van der Waals surface area contributed by atoms with Crippen LogP contribution in [0, 0.1) is 37.3 Å². The van der Waals surface area contributed by atoms with Gasteiger partial charge in [-0.1, -0.05) is 123 Å². The van der Waals surface area contributed by atoms with Crippen molar-refractivity contribution in [3.63, 3.8) is 0 Å². The molecule has 4 N–H and O–H groups in total. The van der Waals surface area contributed by atoms with E-state index in [9.17, 15) is 28.6 Å². The highest BCUT2D eigenvalue weighted by Crippen LogP contribution is 2.39. The average molecular weight is 1010 g/mol. The number of rotatable bonds is 12. The summed E-state index contributed by atoms with van der Waals surface area (Å²) in [6.07, 6.45) is 0.812. The summed E-state index contributed by atoms with van der Waals surface area (Å²) in [5, 5.41) is 38.4. The molecule has 0 bridgehead atoms. The number of hydrogen-bond donors (Lipinski definition) is 4. The topological polar surface area (TPSA) is 182 Å². The number of hydrogen-bond acceptors (Lipinski definition) is 12. The predicted octanol–water partition coefficient (Wildman–Crippen LogP) is 9.51. The van der Waals surface area contributed by atoms with E-state index in [0.717, 1.165) is 45.1 Å². The summed E-state index contributed by atoms with van der Waals surface area (Å²) in [6.45, 7) is 16.2. The van der Waals surface area contributed by atoms with Crippen LogP contribution in [-0.4, -0.2) is 90.9 Å². The number of aromatic nitrogens is 2. The number of carbonyl (C=O) groups is 2. The third-order valence-corrected chi connectivity index (χ3v) is 15.0. The molecule has 74 heavy (non-hydrogen) atoms. The molecule has 6 aromatic rings. The Kier molecular flexibility index (Phi) is 14.8. The summed E-state index contributed by atoms with van der Waals surface area (Å²) in [6, 6.07) is 32.1. The molecule has 0 radical (unpaired) electrons. The third kappa shape index (κ3) is 10.5. The lowest BCUT2D eigenvalue weighted by Gasteiger charge is -2.30. The van der Waals surface area contributed by atoms with Crippen LogP contribution >= 0.6 is 0 Å². The molecule has 4 aromatic carbocycles. The highest BCUT2D eigenvalue weighted by molar-refractivity contribution is 5.98. The molecule has 6 heterocycles. The highest BCUT2D eigenvalue weighted by Gasteiger charge is 2.47. The fraction of sp³-hybridized carbons (Fsp3) is 0.414. The molecule has 0 aliphatic carbocycles. The Labute approximate surface area is 430 Å². The van der Waals surface area contributed by atoms with Crippen LogP contribution in [0.1, 0.15) is 113 Å². The van der Waals surface area contributed by atoms with Crippen LogP contribution in [0.25, 0.3) is 22.3 Å². The zero-order chi connectivity index (χ0) is 52.6. The standard InChI is InChI=1S/2C29H33FN4O3/c2*1-17(2)27(26-13-18(3)32-37-26)28(36)34-16-21(35)14-25(34)24-15-29(4,33-31-24)20-11-9-19(10-12-20)22-7-5-6-8-23(22)30/h2*5-13,17,21,25,27,33,35H,14-16H2,1-4H3/t21-,25+,27?,29?;21-,25+,27-,29?/m11/s1. The molecule has 4 aliphatic rings. The summed E-state index contributed by atoms with van der Waals surface area (Å²) in [4.78, 5) is 31.0. The molecule has 2 amide bonds. The summed E-state index contributed by atoms with van der Waals surface area (Å²) in [5.41, 5.74) is 13.5. The normalized spacial score (nSPS) is 24.3. The number of benzene rings is 4. The van der Waals surface area contributed by atoms with E-state index in [2.05, 4.69) is 45.2 Å². The summed E-state index contributed by atoms with van der Waals surface area (Å²) in [7, 11) is 0. The number of halogens is 2. The maximum Gasteiger partial charge on any atom is 0.234 e. The zero-order valence-corrected chi connectivity index (χ0v) is 43.2. The minimum absolute atomic E-state index is 0.000108. The Bertz CT molecular complexity index is 2840. The monoisotopic (exact) mass is 1010 g/mol. The van der Waals surface area contributed by atoms with E-state index in [0.29, 0.717) is 48.3 Å². The number of likely N-dealkylation sites (tertiary alicyclic amines) is 2. The molecule has 0 saturated carbocycles. The van der Waals surface area contributed by atoms with Gasteiger partial charge in [0.1, 0.15) is 35.0 Å². The number of nitrogens with zero attached hydrogens (tertiary/aromatic N) is 6. The zero-order valence-electron chi connectivity index (χ0n) is 43.2. The Morgan fingerprint density at radius 2 is 0.973 bits per heavy atom. The number of hydrazone groups is 2. The first-order valence-corrected chi connectivity index (χ1v) is 25.5. The molecule has 16 heteroatoms. The maximum absolute atomic E-state index is 14.2. The van der Waals surface area contributed by atoms with E-state index in [4.69, 9.17) is 9.05 Å². The minimum atomic E-state index is -0.618. The molecular formula is C58H66F2N8O6. The Balaban J connectivity index is 0.000000182. The van der Waals surface area contributed by atoms with Gasteiger partial charge in [-0.25, -0.2) is 8.78 Å². The van der Waals surface area contributed by atoms with Gasteiger partial charge in [0.05, 0.1) is 58.2 Å². The molecule has 2 fully saturated rings. The van der Waals surface area contributed by atoms with E-state index in [1.807, 2.05) is 102 Å². The van der Waals surface area contributed by atoms with Gasteiger partial charge in [-0.05, 0) is 73.9 Å². The van der Waals surface area contributed by atoms with Crippen molar-refractivity contribution in [1.29, 1.82) is 0 Å². The molecule has 2 aromatic heterocycles. The van der Waals surface area contributed by atoms with Crippen molar-refractivity contribution in [1.82, 2.24) is 31.0 Å². The van der Waals surface area contributed by atoms with Gasteiger partial charge in [0, 0.05) is 62.0 Å². The number of aliphatic hydroxyl groups excluding tert-OH is 2.